The molecule has 0 atom stereocenters. The zero-order valence-corrected chi connectivity index (χ0v) is 10.3. The van der Waals surface area contributed by atoms with Crippen LogP contribution in [-0.2, 0) is 4.74 Å². The van der Waals surface area contributed by atoms with E-state index >= 15 is 0 Å². The van der Waals surface area contributed by atoms with E-state index in [1.807, 2.05) is 24.3 Å². The van der Waals surface area contributed by atoms with E-state index in [9.17, 15) is 0 Å². The first-order valence-electron chi connectivity index (χ1n) is 4.87. The van der Waals surface area contributed by atoms with Crippen molar-refractivity contribution >= 4 is 22.6 Å². The van der Waals surface area contributed by atoms with Crippen molar-refractivity contribution in [2.75, 3.05) is 26.6 Å². The third kappa shape index (κ3) is 4.12. The number of para-hydroxylation sites is 2. The van der Waals surface area contributed by atoms with Gasteiger partial charge in [0.1, 0.15) is 11.4 Å². The molecule has 16 heavy (non-hydrogen) atoms. The average molecular weight is 240 g/mol. The van der Waals surface area contributed by atoms with E-state index in [-0.39, 0.29) is 0 Å². The van der Waals surface area contributed by atoms with Crippen molar-refractivity contribution in [1.82, 2.24) is 0 Å². The minimum Gasteiger partial charge on any atom is -0.494 e. The topological polar surface area (TPSA) is 56.8 Å². The van der Waals surface area contributed by atoms with E-state index in [1.54, 1.807) is 14.2 Å². The predicted molar refractivity (Wildman–Crippen MR) is 68.6 cm³/mol. The van der Waals surface area contributed by atoms with E-state index in [4.69, 9.17) is 15.2 Å². The Morgan fingerprint density at radius 2 is 2.12 bits per heavy atom. The van der Waals surface area contributed by atoms with Crippen LogP contribution in [0.4, 0.5) is 5.69 Å². The fraction of sp³-hybridized carbons (Fsp3) is 0.364. The van der Waals surface area contributed by atoms with Gasteiger partial charge < -0.3 is 15.2 Å². The number of ether oxygens (including phenoxy) is 2. The molecule has 0 spiro atoms. The van der Waals surface area contributed by atoms with Gasteiger partial charge in [-0.1, -0.05) is 23.9 Å². The highest BCUT2D eigenvalue weighted by Gasteiger charge is 2.01. The van der Waals surface area contributed by atoms with Crippen LogP contribution in [0.5, 0.6) is 5.75 Å². The van der Waals surface area contributed by atoms with Crippen LogP contribution in [0.1, 0.15) is 0 Å². The first kappa shape index (κ1) is 12.9. The van der Waals surface area contributed by atoms with Crippen molar-refractivity contribution in [2.45, 2.75) is 0 Å². The van der Waals surface area contributed by atoms with Gasteiger partial charge >= 0.3 is 0 Å². The van der Waals surface area contributed by atoms with Gasteiger partial charge in [-0.15, -0.1) is 0 Å². The molecule has 0 unspecified atom stereocenters. The minimum atomic E-state index is 0.515. The number of nitrogens with zero attached hydrogens (tertiary/aromatic N) is 1. The number of amidine groups is 1. The summed E-state index contributed by atoms with van der Waals surface area (Å²) in [6, 6.07) is 7.51. The lowest BCUT2D eigenvalue weighted by Crippen LogP contribution is -2.08. The lowest BCUT2D eigenvalue weighted by molar-refractivity contribution is 0.219. The molecule has 88 valence electrons. The standard InChI is InChI=1S/C11H16N2O2S/c1-14-7-8-16-11(12)13-9-5-3-4-6-10(9)15-2/h3-6H,7-8H2,1-2H3,(H2,12,13). The summed E-state index contributed by atoms with van der Waals surface area (Å²) >= 11 is 1.46. The third-order valence-electron chi connectivity index (χ3n) is 1.85. The maximum Gasteiger partial charge on any atom is 0.159 e. The zero-order valence-electron chi connectivity index (χ0n) is 9.47. The van der Waals surface area contributed by atoms with Crippen LogP contribution < -0.4 is 10.5 Å². The Morgan fingerprint density at radius 3 is 2.81 bits per heavy atom. The van der Waals surface area contributed by atoms with E-state index in [0.29, 0.717) is 11.8 Å². The molecule has 5 heteroatoms. The van der Waals surface area contributed by atoms with Crippen LogP contribution in [0.15, 0.2) is 29.3 Å². The number of methoxy groups -OCH3 is 2. The van der Waals surface area contributed by atoms with Gasteiger partial charge in [0.2, 0.25) is 0 Å². The quantitative estimate of drug-likeness (QED) is 0.486. The van der Waals surface area contributed by atoms with Crippen molar-refractivity contribution in [3.05, 3.63) is 24.3 Å². The molecule has 0 amide bonds. The lowest BCUT2D eigenvalue weighted by Gasteiger charge is -2.04. The summed E-state index contributed by atoms with van der Waals surface area (Å²) in [4.78, 5) is 4.28. The van der Waals surface area contributed by atoms with Crippen LogP contribution in [0.25, 0.3) is 0 Å². The molecule has 4 nitrogen and oxygen atoms in total. The van der Waals surface area contributed by atoms with Crippen molar-refractivity contribution < 1.29 is 9.47 Å². The maximum atomic E-state index is 5.77. The molecule has 0 bridgehead atoms. The largest absolute Gasteiger partial charge is 0.494 e. The van der Waals surface area contributed by atoms with Gasteiger partial charge in [0.15, 0.2) is 5.17 Å². The SMILES string of the molecule is COCCSC(N)=Nc1ccccc1OC. The highest BCUT2D eigenvalue weighted by molar-refractivity contribution is 8.13. The molecule has 0 aliphatic rings. The summed E-state index contributed by atoms with van der Waals surface area (Å²) in [7, 11) is 3.27. The van der Waals surface area contributed by atoms with Crippen LogP contribution in [0, 0.1) is 0 Å². The molecule has 1 aromatic carbocycles. The summed E-state index contributed by atoms with van der Waals surface area (Å²) in [6.45, 7) is 0.660. The molecule has 0 radical (unpaired) electrons. The van der Waals surface area contributed by atoms with Gasteiger partial charge in [0, 0.05) is 12.9 Å². The first-order valence-corrected chi connectivity index (χ1v) is 5.85. The molecule has 0 saturated heterocycles. The Bertz CT molecular complexity index is 356. The number of rotatable bonds is 5. The van der Waals surface area contributed by atoms with Gasteiger partial charge in [-0.25, -0.2) is 4.99 Å². The van der Waals surface area contributed by atoms with E-state index < -0.39 is 0 Å². The molecular formula is C11H16N2O2S. The second kappa shape index (κ2) is 7.14. The number of aliphatic imine (C=N–C) groups is 1. The second-order valence-electron chi connectivity index (χ2n) is 2.96. The number of benzene rings is 1. The molecule has 0 fully saturated rings. The van der Waals surface area contributed by atoms with Gasteiger partial charge in [0.25, 0.3) is 0 Å². The van der Waals surface area contributed by atoms with Crippen molar-refractivity contribution in [3.8, 4) is 5.75 Å². The average Bonchev–Trinajstić information content (AvgIpc) is 2.30. The highest BCUT2D eigenvalue weighted by Crippen LogP contribution is 2.26. The number of thioether (sulfide) groups is 1. The fourth-order valence-electron chi connectivity index (χ4n) is 1.10. The maximum absolute atomic E-state index is 5.77. The minimum absolute atomic E-state index is 0.515. The van der Waals surface area contributed by atoms with Gasteiger partial charge in [-0.3, -0.25) is 0 Å². The van der Waals surface area contributed by atoms with Gasteiger partial charge in [-0.05, 0) is 12.1 Å². The number of nitrogens with two attached hydrogens (primary N) is 1. The Kier molecular flexibility index (Phi) is 5.74. The number of hydrogen-bond acceptors (Lipinski definition) is 4. The Morgan fingerprint density at radius 1 is 1.38 bits per heavy atom. The molecule has 0 aliphatic heterocycles. The predicted octanol–water partition coefficient (Wildman–Crippen LogP) is 2.02. The molecule has 0 aromatic heterocycles. The zero-order chi connectivity index (χ0) is 11.8. The van der Waals surface area contributed by atoms with Crippen molar-refractivity contribution in [3.63, 3.8) is 0 Å². The third-order valence-corrected chi connectivity index (χ3v) is 2.61. The molecular weight excluding hydrogens is 224 g/mol. The first-order chi connectivity index (χ1) is 7.77. The summed E-state index contributed by atoms with van der Waals surface area (Å²) < 4.78 is 10.1. The van der Waals surface area contributed by atoms with E-state index in [1.165, 1.54) is 11.8 Å². The summed E-state index contributed by atoms with van der Waals surface area (Å²) in [5.41, 5.74) is 6.51. The lowest BCUT2D eigenvalue weighted by atomic mass is 10.3. The van der Waals surface area contributed by atoms with Gasteiger partial charge in [-0.2, -0.15) is 0 Å². The highest BCUT2D eigenvalue weighted by atomic mass is 32.2. The molecule has 0 heterocycles. The monoisotopic (exact) mass is 240 g/mol. The van der Waals surface area contributed by atoms with Crippen LogP contribution in [0.2, 0.25) is 0 Å². The molecule has 0 aliphatic carbocycles. The molecule has 1 aromatic rings. The Labute approximate surface area is 99.8 Å². The fourth-order valence-corrected chi connectivity index (χ4v) is 1.72. The van der Waals surface area contributed by atoms with Crippen LogP contribution in [-0.4, -0.2) is 31.7 Å². The smallest absolute Gasteiger partial charge is 0.159 e. The van der Waals surface area contributed by atoms with Crippen molar-refractivity contribution in [2.24, 2.45) is 10.7 Å². The summed E-state index contributed by atoms with van der Waals surface area (Å²) in [5.74, 6) is 1.51. The normalized spacial score (nSPS) is 11.5. The molecule has 2 N–H and O–H groups in total. The Hall–Kier alpha value is -1.20. The summed E-state index contributed by atoms with van der Waals surface area (Å²) in [5, 5.41) is 0.515. The van der Waals surface area contributed by atoms with Gasteiger partial charge in [0.05, 0.1) is 13.7 Å². The van der Waals surface area contributed by atoms with Crippen LogP contribution in [0.3, 0.4) is 0 Å². The van der Waals surface area contributed by atoms with Crippen LogP contribution >= 0.6 is 11.8 Å². The second-order valence-corrected chi connectivity index (χ2v) is 4.08. The van der Waals surface area contributed by atoms with Crippen molar-refractivity contribution in [1.29, 1.82) is 0 Å². The summed E-state index contributed by atoms with van der Waals surface area (Å²) in [6.07, 6.45) is 0. The molecule has 0 saturated carbocycles. The van der Waals surface area contributed by atoms with E-state index in [0.717, 1.165) is 17.2 Å². The molecule has 1 rings (SSSR count). The van der Waals surface area contributed by atoms with E-state index in [2.05, 4.69) is 4.99 Å². The number of hydrogen-bond donors (Lipinski definition) is 1. The Balaban J connectivity index is 2.65.